The summed E-state index contributed by atoms with van der Waals surface area (Å²) < 4.78 is 7.40. The molecule has 2 aromatic rings. The Kier molecular flexibility index (Phi) is 4.92. The van der Waals surface area contributed by atoms with E-state index in [0.717, 1.165) is 12.3 Å². The van der Waals surface area contributed by atoms with Gasteiger partial charge in [0, 0.05) is 12.6 Å². The molecule has 0 spiro atoms. The second kappa shape index (κ2) is 6.89. The average molecular weight is 260 g/mol. The quantitative estimate of drug-likeness (QED) is 0.825. The van der Waals surface area contributed by atoms with E-state index in [-0.39, 0.29) is 0 Å². The third-order valence-electron chi connectivity index (χ3n) is 2.69. The molecule has 5 heteroatoms. The van der Waals surface area contributed by atoms with Gasteiger partial charge in [0.25, 0.3) is 0 Å². The summed E-state index contributed by atoms with van der Waals surface area (Å²) in [5, 5.41) is 7.40. The molecule has 0 saturated heterocycles. The van der Waals surface area contributed by atoms with E-state index in [1.165, 1.54) is 11.9 Å². The maximum absolute atomic E-state index is 5.65. The van der Waals surface area contributed by atoms with Crippen molar-refractivity contribution in [1.29, 1.82) is 0 Å². The Balaban J connectivity index is 1.75. The van der Waals surface area contributed by atoms with Crippen LogP contribution < -0.4 is 10.1 Å². The Labute approximate surface area is 113 Å². The SMILES string of the molecule is CC(C)NCc1ccc(OCCn2cncn2)cc1. The molecule has 0 aliphatic rings. The van der Waals surface area contributed by atoms with Crippen molar-refractivity contribution in [2.24, 2.45) is 0 Å². The van der Waals surface area contributed by atoms with Crippen LogP contribution >= 0.6 is 0 Å². The summed E-state index contributed by atoms with van der Waals surface area (Å²) in [6, 6.07) is 8.66. The van der Waals surface area contributed by atoms with Crippen molar-refractivity contribution in [2.75, 3.05) is 6.61 Å². The van der Waals surface area contributed by atoms with E-state index in [1.807, 2.05) is 12.1 Å². The molecular weight excluding hydrogens is 240 g/mol. The zero-order chi connectivity index (χ0) is 13.5. The Hall–Kier alpha value is -1.88. The fraction of sp³-hybridized carbons (Fsp3) is 0.429. The minimum atomic E-state index is 0.499. The molecule has 1 heterocycles. The number of hydrogen-bond donors (Lipinski definition) is 1. The molecule has 102 valence electrons. The van der Waals surface area contributed by atoms with Gasteiger partial charge in [-0.15, -0.1) is 0 Å². The zero-order valence-corrected chi connectivity index (χ0v) is 11.4. The number of rotatable bonds is 7. The van der Waals surface area contributed by atoms with Gasteiger partial charge >= 0.3 is 0 Å². The van der Waals surface area contributed by atoms with Gasteiger partial charge < -0.3 is 10.1 Å². The molecular formula is C14H20N4O. The molecule has 0 bridgehead atoms. The summed E-state index contributed by atoms with van der Waals surface area (Å²) in [4.78, 5) is 3.88. The van der Waals surface area contributed by atoms with Gasteiger partial charge in [0.15, 0.2) is 0 Å². The standard InChI is InChI=1S/C14H20N4O/c1-12(2)16-9-13-3-5-14(6-4-13)19-8-7-18-11-15-10-17-18/h3-6,10-12,16H,7-9H2,1-2H3. The number of aromatic nitrogens is 3. The third kappa shape index (κ3) is 4.71. The van der Waals surface area contributed by atoms with Crippen molar-refractivity contribution < 1.29 is 4.74 Å². The summed E-state index contributed by atoms with van der Waals surface area (Å²) in [5.74, 6) is 0.883. The second-order valence-corrected chi connectivity index (χ2v) is 4.69. The number of nitrogens with one attached hydrogen (secondary N) is 1. The monoisotopic (exact) mass is 260 g/mol. The summed E-state index contributed by atoms with van der Waals surface area (Å²) in [6.07, 6.45) is 3.21. The van der Waals surface area contributed by atoms with Gasteiger partial charge in [0.05, 0.1) is 6.54 Å². The maximum Gasteiger partial charge on any atom is 0.137 e. The van der Waals surface area contributed by atoms with Crippen molar-refractivity contribution in [3.05, 3.63) is 42.5 Å². The van der Waals surface area contributed by atoms with E-state index in [0.29, 0.717) is 19.2 Å². The molecule has 19 heavy (non-hydrogen) atoms. The highest BCUT2D eigenvalue weighted by molar-refractivity contribution is 5.27. The van der Waals surface area contributed by atoms with Crippen LogP contribution in [0.5, 0.6) is 5.75 Å². The van der Waals surface area contributed by atoms with Crippen LogP contribution in [0.25, 0.3) is 0 Å². The Morgan fingerprint density at radius 1 is 1.26 bits per heavy atom. The lowest BCUT2D eigenvalue weighted by atomic mass is 10.2. The van der Waals surface area contributed by atoms with E-state index in [1.54, 1.807) is 11.0 Å². The molecule has 5 nitrogen and oxygen atoms in total. The van der Waals surface area contributed by atoms with Gasteiger partial charge in [-0.25, -0.2) is 9.67 Å². The van der Waals surface area contributed by atoms with Gasteiger partial charge in [-0.2, -0.15) is 5.10 Å². The van der Waals surface area contributed by atoms with E-state index >= 15 is 0 Å². The first-order valence-corrected chi connectivity index (χ1v) is 6.51. The normalized spacial score (nSPS) is 10.9. The molecule has 1 N–H and O–H groups in total. The van der Waals surface area contributed by atoms with Crippen LogP contribution in [0.3, 0.4) is 0 Å². The Morgan fingerprint density at radius 3 is 2.68 bits per heavy atom. The summed E-state index contributed by atoms with van der Waals surface area (Å²) >= 11 is 0. The predicted octanol–water partition coefficient (Wildman–Crippen LogP) is 1.86. The zero-order valence-electron chi connectivity index (χ0n) is 11.4. The molecule has 2 rings (SSSR count). The van der Waals surface area contributed by atoms with E-state index < -0.39 is 0 Å². The highest BCUT2D eigenvalue weighted by Crippen LogP contribution is 2.12. The average Bonchev–Trinajstić information content (AvgIpc) is 2.91. The molecule has 0 unspecified atom stereocenters. The fourth-order valence-electron chi connectivity index (χ4n) is 1.63. The first-order chi connectivity index (χ1) is 9.24. The van der Waals surface area contributed by atoms with Crippen LogP contribution in [-0.4, -0.2) is 27.4 Å². The summed E-state index contributed by atoms with van der Waals surface area (Å²) in [7, 11) is 0. The van der Waals surface area contributed by atoms with Crippen molar-refractivity contribution in [3.63, 3.8) is 0 Å². The summed E-state index contributed by atoms with van der Waals surface area (Å²) in [5.41, 5.74) is 1.26. The van der Waals surface area contributed by atoms with Crippen molar-refractivity contribution in [1.82, 2.24) is 20.1 Å². The molecule has 1 aromatic carbocycles. The molecule has 0 aliphatic carbocycles. The molecule has 0 amide bonds. The first-order valence-electron chi connectivity index (χ1n) is 6.51. The minimum Gasteiger partial charge on any atom is -0.492 e. The van der Waals surface area contributed by atoms with Crippen LogP contribution in [-0.2, 0) is 13.1 Å². The van der Waals surface area contributed by atoms with Gasteiger partial charge in [0.1, 0.15) is 25.0 Å². The minimum absolute atomic E-state index is 0.499. The largest absolute Gasteiger partial charge is 0.492 e. The van der Waals surface area contributed by atoms with Crippen LogP contribution in [0.15, 0.2) is 36.9 Å². The predicted molar refractivity (Wildman–Crippen MR) is 73.9 cm³/mol. The third-order valence-corrected chi connectivity index (χ3v) is 2.69. The number of nitrogens with zero attached hydrogens (tertiary/aromatic N) is 3. The fourth-order valence-corrected chi connectivity index (χ4v) is 1.63. The molecule has 0 radical (unpaired) electrons. The molecule has 0 atom stereocenters. The van der Waals surface area contributed by atoms with Gasteiger partial charge in [-0.05, 0) is 17.7 Å². The van der Waals surface area contributed by atoms with E-state index in [2.05, 4.69) is 41.4 Å². The van der Waals surface area contributed by atoms with Crippen molar-refractivity contribution >= 4 is 0 Å². The van der Waals surface area contributed by atoms with Gasteiger partial charge in [-0.3, -0.25) is 0 Å². The van der Waals surface area contributed by atoms with Crippen molar-refractivity contribution in [3.8, 4) is 5.75 Å². The van der Waals surface area contributed by atoms with Crippen LogP contribution in [0.4, 0.5) is 0 Å². The maximum atomic E-state index is 5.65. The lowest BCUT2D eigenvalue weighted by Crippen LogP contribution is -2.21. The lowest BCUT2D eigenvalue weighted by Gasteiger charge is -2.09. The summed E-state index contributed by atoms with van der Waals surface area (Å²) in [6.45, 7) is 6.46. The smallest absolute Gasteiger partial charge is 0.137 e. The van der Waals surface area contributed by atoms with Gasteiger partial charge in [-0.1, -0.05) is 26.0 Å². The van der Waals surface area contributed by atoms with Crippen LogP contribution in [0.2, 0.25) is 0 Å². The highest BCUT2D eigenvalue weighted by Gasteiger charge is 1.98. The molecule has 0 aliphatic heterocycles. The number of hydrogen-bond acceptors (Lipinski definition) is 4. The van der Waals surface area contributed by atoms with Crippen molar-refractivity contribution in [2.45, 2.75) is 33.0 Å². The Bertz CT molecular complexity index is 465. The Morgan fingerprint density at radius 2 is 2.05 bits per heavy atom. The van der Waals surface area contributed by atoms with Gasteiger partial charge in [0.2, 0.25) is 0 Å². The lowest BCUT2D eigenvalue weighted by molar-refractivity contribution is 0.291. The number of ether oxygens (including phenoxy) is 1. The van der Waals surface area contributed by atoms with E-state index in [4.69, 9.17) is 4.74 Å². The van der Waals surface area contributed by atoms with Crippen LogP contribution in [0.1, 0.15) is 19.4 Å². The molecule has 1 aromatic heterocycles. The molecule has 0 fully saturated rings. The number of benzene rings is 1. The van der Waals surface area contributed by atoms with E-state index in [9.17, 15) is 0 Å². The highest BCUT2D eigenvalue weighted by atomic mass is 16.5. The first kappa shape index (κ1) is 13.5. The van der Waals surface area contributed by atoms with Crippen LogP contribution in [0, 0.1) is 0 Å². The molecule has 0 saturated carbocycles. The topological polar surface area (TPSA) is 52.0 Å². The second-order valence-electron chi connectivity index (χ2n) is 4.69.